The molecule has 0 spiro atoms. The Labute approximate surface area is 187 Å². The van der Waals surface area contributed by atoms with E-state index in [0.717, 1.165) is 15.6 Å². The molecule has 13 heteroatoms. The molecule has 9 nitrogen and oxygen atoms in total. The quantitative estimate of drug-likeness (QED) is 0.453. The number of benzene rings is 1. The van der Waals surface area contributed by atoms with E-state index in [0.29, 0.717) is 36.2 Å². The molecule has 1 aromatic heterocycles. The Morgan fingerprint density at radius 1 is 1.20 bits per heavy atom. The zero-order chi connectivity index (χ0) is 22.1. The summed E-state index contributed by atoms with van der Waals surface area (Å²) in [5.41, 5.74) is 0.341. The molecule has 0 unspecified atom stereocenters. The van der Waals surface area contributed by atoms with Crippen molar-refractivity contribution < 1.29 is 18.1 Å². The van der Waals surface area contributed by atoms with Gasteiger partial charge >= 0.3 is 0 Å². The summed E-state index contributed by atoms with van der Waals surface area (Å²) in [6, 6.07) is 7.36. The Balaban J connectivity index is 1.63. The molecule has 3 rings (SSSR count). The van der Waals surface area contributed by atoms with E-state index in [1.807, 2.05) is 4.90 Å². The Morgan fingerprint density at radius 2 is 1.87 bits per heavy atom. The lowest BCUT2D eigenvalue weighted by molar-refractivity contribution is -0.384. The Morgan fingerprint density at radius 3 is 2.43 bits per heavy atom. The van der Waals surface area contributed by atoms with Gasteiger partial charge in [-0.15, -0.1) is 11.3 Å². The number of carbonyl (C=O) groups excluding carboxylic acids is 1. The number of hydrogen-bond donors (Lipinski definition) is 0. The van der Waals surface area contributed by atoms with Gasteiger partial charge in [-0.25, -0.2) is 8.42 Å². The van der Waals surface area contributed by atoms with E-state index in [1.54, 1.807) is 17.0 Å². The van der Waals surface area contributed by atoms with Crippen LogP contribution in [0.1, 0.15) is 0 Å². The Hall–Kier alpha value is -1.92. The van der Waals surface area contributed by atoms with Crippen LogP contribution in [0.3, 0.4) is 0 Å². The molecule has 0 N–H and O–H groups in total. The highest BCUT2D eigenvalue weighted by Crippen LogP contribution is 2.32. The number of nitrogens with zero attached hydrogens (tertiary/aromatic N) is 4. The summed E-state index contributed by atoms with van der Waals surface area (Å²) < 4.78 is 26.5. The normalized spacial score (nSPS) is 14.9. The average Bonchev–Trinajstić information content (AvgIpc) is 3.15. The number of rotatable bonds is 6. The summed E-state index contributed by atoms with van der Waals surface area (Å²) >= 11 is 12.6. The number of halogens is 2. The van der Waals surface area contributed by atoms with Gasteiger partial charge in [0.15, 0.2) is 0 Å². The van der Waals surface area contributed by atoms with Crippen molar-refractivity contribution in [2.24, 2.45) is 0 Å². The molecule has 1 fully saturated rings. The monoisotopic (exact) mass is 492 g/mol. The van der Waals surface area contributed by atoms with E-state index < -0.39 is 14.9 Å². The predicted octanol–water partition coefficient (Wildman–Crippen LogP) is 2.93. The third-order valence-electron chi connectivity index (χ3n) is 4.68. The van der Waals surface area contributed by atoms with Crippen molar-refractivity contribution in [1.82, 2.24) is 9.21 Å². The van der Waals surface area contributed by atoms with E-state index in [-0.39, 0.29) is 27.4 Å². The van der Waals surface area contributed by atoms with E-state index in [4.69, 9.17) is 23.2 Å². The minimum atomic E-state index is -3.80. The molecule has 1 saturated heterocycles. The highest BCUT2D eigenvalue weighted by Gasteiger charge is 2.29. The average molecular weight is 493 g/mol. The van der Waals surface area contributed by atoms with Crippen molar-refractivity contribution in [3.8, 4) is 0 Å². The molecule has 1 aromatic carbocycles. The minimum absolute atomic E-state index is 0.0719. The number of nitro groups is 1. The molecule has 0 bridgehead atoms. The van der Waals surface area contributed by atoms with Crippen molar-refractivity contribution in [1.29, 1.82) is 0 Å². The van der Waals surface area contributed by atoms with Gasteiger partial charge in [0.05, 0.1) is 15.8 Å². The Bertz CT molecular complexity index is 1070. The fraction of sp³-hybridized carbons (Fsp3) is 0.353. The molecule has 0 saturated carbocycles. The van der Waals surface area contributed by atoms with Crippen LogP contribution in [0.4, 0.5) is 11.4 Å². The lowest BCUT2D eigenvalue weighted by Crippen LogP contribution is -2.51. The van der Waals surface area contributed by atoms with Gasteiger partial charge < -0.3 is 9.80 Å². The van der Waals surface area contributed by atoms with Gasteiger partial charge in [0.1, 0.15) is 9.90 Å². The van der Waals surface area contributed by atoms with E-state index >= 15 is 0 Å². The van der Waals surface area contributed by atoms with Gasteiger partial charge in [0.2, 0.25) is 5.91 Å². The van der Waals surface area contributed by atoms with Crippen LogP contribution < -0.4 is 4.90 Å². The van der Waals surface area contributed by atoms with Crippen LogP contribution in [-0.2, 0) is 14.8 Å². The van der Waals surface area contributed by atoms with Crippen LogP contribution in [0.15, 0.2) is 34.5 Å². The molecule has 2 aromatic rings. The summed E-state index contributed by atoms with van der Waals surface area (Å²) in [7, 11) is -2.46. The second-order valence-corrected chi connectivity index (χ2v) is 11.0. The molecule has 0 aliphatic carbocycles. The number of hydrogen-bond acceptors (Lipinski definition) is 7. The lowest BCUT2D eigenvalue weighted by atomic mass is 10.2. The molecule has 1 aliphatic rings. The molecule has 30 heavy (non-hydrogen) atoms. The van der Waals surface area contributed by atoms with Crippen molar-refractivity contribution in [3.63, 3.8) is 0 Å². The second kappa shape index (κ2) is 9.06. The summed E-state index contributed by atoms with van der Waals surface area (Å²) in [6.45, 7) is 1.09. The predicted molar refractivity (Wildman–Crippen MR) is 116 cm³/mol. The number of sulfonamides is 1. The van der Waals surface area contributed by atoms with Gasteiger partial charge in [-0.3, -0.25) is 14.9 Å². The maximum Gasteiger partial charge on any atom is 0.294 e. The zero-order valence-corrected chi connectivity index (χ0v) is 19.0. The summed E-state index contributed by atoms with van der Waals surface area (Å²) in [6.07, 6.45) is 0. The van der Waals surface area contributed by atoms with Crippen molar-refractivity contribution in [2.45, 2.75) is 4.21 Å². The minimum Gasteiger partial charge on any atom is -0.362 e. The number of anilines is 1. The topological polar surface area (TPSA) is 104 Å². The molecular formula is C17H18Cl2N4O5S2. The fourth-order valence-electron chi connectivity index (χ4n) is 3.07. The van der Waals surface area contributed by atoms with Gasteiger partial charge in [0, 0.05) is 44.3 Å². The third-order valence-corrected chi connectivity index (χ3v) is 8.42. The molecule has 1 aliphatic heterocycles. The number of piperazine rings is 1. The SMILES string of the molecule is CN(CC(=O)N1CCN(c2ccc(Cl)cc2[N+](=O)[O-])CC1)S(=O)(=O)c1ccc(Cl)s1. The number of nitro benzene ring substituents is 1. The second-order valence-electron chi connectivity index (χ2n) is 6.58. The first-order valence-electron chi connectivity index (χ1n) is 8.78. The highest BCUT2D eigenvalue weighted by molar-refractivity contribution is 7.91. The first-order chi connectivity index (χ1) is 14.1. The molecule has 0 radical (unpaired) electrons. The maximum absolute atomic E-state index is 12.6. The molecule has 0 atom stereocenters. The van der Waals surface area contributed by atoms with Crippen molar-refractivity contribution in [3.05, 3.63) is 49.8 Å². The van der Waals surface area contributed by atoms with E-state index in [2.05, 4.69) is 0 Å². The fourth-order valence-corrected chi connectivity index (χ4v) is 6.05. The van der Waals surface area contributed by atoms with Crippen LogP contribution >= 0.6 is 34.5 Å². The van der Waals surface area contributed by atoms with Crippen LogP contribution in [0, 0.1) is 10.1 Å². The standard InChI is InChI=1S/C17H18Cl2N4O5S2/c1-20(30(27,28)17-5-4-15(19)29-17)11-16(24)22-8-6-21(7-9-22)13-3-2-12(18)10-14(13)23(25)26/h2-5,10H,6-9,11H2,1H3. The maximum atomic E-state index is 12.6. The third kappa shape index (κ3) is 4.86. The molecule has 2 heterocycles. The van der Waals surface area contributed by atoms with Gasteiger partial charge in [-0.1, -0.05) is 23.2 Å². The van der Waals surface area contributed by atoms with Crippen molar-refractivity contribution >= 4 is 61.8 Å². The number of carbonyl (C=O) groups is 1. The summed E-state index contributed by atoms with van der Waals surface area (Å²) in [5, 5.41) is 11.6. The summed E-state index contributed by atoms with van der Waals surface area (Å²) in [5.74, 6) is -0.339. The smallest absolute Gasteiger partial charge is 0.294 e. The Kier molecular flexibility index (Phi) is 6.88. The first-order valence-corrected chi connectivity index (χ1v) is 11.8. The number of likely N-dealkylation sites (N-methyl/N-ethyl adjacent to an activating group) is 1. The van der Waals surface area contributed by atoms with Gasteiger partial charge in [-0.05, 0) is 24.3 Å². The first kappa shape index (κ1) is 22.8. The van der Waals surface area contributed by atoms with Crippen LogP contribution in [-0.4, -0.2) is 68.2 Å². The highest BCUT2D eigenvalue weighted by atomic mass is 35.5. The van der Waals surface area contributed by atoms with Crippen LogP contribution in [0.2, 0.25) is 9.36 Å². The lowest BCUT2D eigenvalue weighted by Gasteiger charge is -2.36. The van der Waals surface area contributed by atoms with E-state index in [1.165, 1.54) is 25.2 Å². The van der Waals surface area contributed by atoms with Crippen molar-refractivity contribution in [2.75, 3.05) is 44.7 Å². The number of thiophene rings is 1. The molecular weight excluding hydrogens is 475 g/mol. The van der Waals surface area contributed by atoms with Gasteiger partial charge in [0.25, 0.3) is 15.7 Å². The summed E-state index contributed by atoms with van der Waals surface area (Å²) in [4.78, 5) is 26.8. The largest absolute Gasteiger partial charge is 0.362 e. The molecule has 1 amide bonds. The van der Waals surface area contributed by atoms with Crippen LogP contribution in [0.25, 0.3) is 0 Å². The molecule has 162 valence electrons. The van der Waals surface area contributed by atoms with Gasteiger partial charge in [-0.2, -0.15) is 4.31 Å². The zero-order valence-electron chi connectivity index (χ0n) is 15.8. The number of amides is 1. The van der Waals surface area contributed by atoms with E-state index in [9.17, 15) is 23.3 Å². The van der Waals surface area contributed by atoms with Crippen LogP contribution in [0.5, 0.6) is 0 Å².